The molecule has 2 aromatic rings. The van der Waals surface area contributed by atoms with Crippen LogP contribution in [-0.2, 0) is 19.3 Å². The van der Waals surface area contributed by atoms with E-state index in [9.17, 15) is 4.79 Å². The second-order valence-electron chi connectivity index (χ2n) is 5.22. The van der Waals surface area contributed by atoms with Crippen LogP contribution in [0.3, 0.4) is 0 Å². The average Bonchev–Trinajstić information content (AvgIpc) is 2.92. The Kier molecular flexibility index (Phi) is 4.15. The van der Waals surface area contributed by atoms with Gasteiger partial charge in [0.2, 0.25) is 0 Å². The number of rotatable bonds is 4. The summed E-state index contributed by atoms with van der Waals surface area (Å²) >= 11 is 1.42. The molecule has 2 heterocycles. The van der Waals surface area contributed by atoms with E-state index in [4.69, 9.17) is 5.73 Å². The first-order valence-corrected chi connectivity index (χ1v) is 8.06. The van der Waals surface area contributed by atoms with Gasteiger partial charge in [-0.25, -0.2) is 4.98 Å². The topological polar surface area (TPSA) is 80.9 Å². The van der Waals surface area contributed by atoms with Gasteiger partial charge in [0, 0.05) is 30.2 Å². The molecule has 0 fully saturated rings. The SMILES string of the molecule is Nc1nc(CCNC(=O)c2cnc3c(c2)CCCC3)cs1. The molecular weight excluding hydrogens is 284 g/mol. The molecule has 0 aliphatic heterocycles. The first kappa shape index (κ1) is 14.0. The molecule has 0 atom stereocenters. The number of nitrogens with zero attached hydrogens (tertiary/aromatic N) is 2. The summed E-state index contributed by atoms with van der Waals surface area (Å²) in [6.07, 6.45) is 6.81. The van der Waals surface area contributed by atoms with Crippen molar-refractivity contribution in [3.8, 4) is 0 Å². The van der Waals surface area contributed by atoms with E-state index in [-0.39, 0.29) is 5.91 Å². The van der Waals surface area contributed by atoms with Gasteiger partial charge in [-0.3, -0.25) is 9.78 Å². The summed E-state index contributed by atoms with van der Waals surface area (Å²) in [5.41, 5.74) is 9.51. The summed E-state index contributed by atoms with van der Waals surface area (Å²) in [4.78, 5) is 20.7. The Morgan fingerprint density at radius 3 is 3.05 bits per heavy atom. The molecule has 1 aliphatic rings. The lowest BCUT2D eigenvalue weighted by atomic mass is 9.95. The van der Waals surface area contributed by atoms with Gasteiger partial charge in [-0.15, -0.1) is 11.3 Å². The third-order valence-electron chi connectivity index (χ3n) is 3.67. The second-order valence-corrected chi connectivity index (χ2v) is 6.11. The molecule has 2 aromatic heterocycles. The molecule has 21 heavy (non-hydrogen) atoms. The van der Waals surface area contributed by atoms with Gasteiger partial charge >= 0.3 is 0 Å². The van der Waals surface area contributed by atoms with Gasteiger partial charge < -0.3 is 11.1 Å². The van der Waals surface area contributed by atoms with Crippen LogP contribution in [-0.4, -0.2) is 22.4 Å². The number of hydrogen-bond acceptors (Lipinski definition) is 5. The molecule has 0 saturated carbocycles. The van der Waals surface area contributed by atoms with E-state index in [1.807, 2.05) is 11.4 Å². The predicted octanol–water partition coefficient (Wildman–Crippen LogP) is 1.97. The molecule has 0 saturated heterocycles. The molecule has 0 unspecified atom stereocenters. The Labute approximate surface area is 127 Å². The van der Waals surface area contributed by atoms with Crippen LogP contribution >= 0.6 is 11.3 Å². The average molecular weight is 302 g/mol. The number of nitrogens with two attached hydrogens (primary N) is 1. The van der Waals surface area contributed by atoms with Crippen molar-refractivity contribution in [3.63, 3.8) is 0 Å². The van der Waals surface area contributed by atoms with Crippen LogP contribution in [0, 0.1) is 0 Å². The van der Waals surface area contributed by atoms with Crippen LogP contribution in [0.5, 0.6) is 0 Å². The van der Waals surface area contributed by atoms with Gasteiger partial charge in [0.25, 0.3) is 5.91 Å². The molecule has 3 N–H and O–H groups in total. The van der Waals surface area contributed by atoms with E-state index in [1.165, 1.54) is 29.7 Å². The summed E-state index contributed by atoms with van der Waals surface area (Å²) in [7, 11) is 0. The highest BCUT2D eigenvalue weighted by Crippen LogP contribution is 2.20. The Bertz CT molecular complexity index is 653. The van der Waals surface area contributed by atoms with E-state index < -0.39 is 0 Å². The van der Waals surface area contributed by atoms with Crippen molar-refractivity contribution in [1.82, 2.24) is 15.3 Å². The number of anilines is 1. The third kappa shape index (κ3) is 3.39. The zero-order chi connectivity index (χ0) is 14.7. The molecule has 6 heteroatoms. The summed E-state index contributed by atoms with van der Waals surface area (Å²) in [6.45, 7) is 0.555. The fraction of sp³-hybridized carbons (Fsp3) is 0.400. The number of carbonyl (C=O) groups excluding carboxylic acids is 1. The number of pyridine rings is 1. The normalized spacial score (nSPS) is 13.7. The highest BCUT2D eigenvalue weighted by molar-refractivity contribution is 7.13. The van der Waals surface area contributed by atoms with Gasteiger partial charge in [0.1, 0.15) is 0 Å². The van der Waals surface area contributed by atoms with Crippen LogP contribution in [0.15, 0.2) is 17.6 Å². The van der Waals surface area contributed by atoms with E-state index in [0.717, 1.165) is 24.2 Å². The van der Waals surface area contributed by atoms with E-state index >= 15 is 0 Å². The van der Waals surface area contributed by atoms with Gasteiger partial charge in [-0.05, 0) is 37.3 Å². The van der Waals surface area contributed by atoms with Crippen molar-refractivity contribution < 1.29 is 4.79 Å². The van der Waals surface area contributed by atoms with Gasteiger partial charge in [0.05, 0.1) is 11.3 Å². The number of aryl methyl sites for hydroxylation is 2. The van der Waals surface area contributed by atoms with Crippen molar-refractivity contribution in [2.75, 3.05) is 12.3 Å². The highest BCUT2D eigenvalue weighted by Gasteiger charge is 2.14. The molecule has 1 amide bonds. The molecule has 110 valence electrons. The Morgan fingerprint density at radius 2 is 2.24 bits per heavy atom. The highest BCUT2D eigenvalue weighted by atomic mass is 32.1. The zero-order valence-electron chi connectivity index (χ0n) is 11.8. The molecular formula is C15H18N4OS. The molecule has 5 nitrogen and oxygen atoms in total. The lowest BCUT2D eigenvalue weighted by molar-refractivity contribution is 0.0953. The molecule has 0 radical (unpaired) electrons. The number of amides is 1. The first-order valence-electron chi connectivity index (χ1n) is 7.18. The molecule has 1 aliphatic carbocycles. The minimum atomic E-state index is -0.0703. The molecule has 3 rings (SSSR count). The fourth-order valence-electron chi connectivity index (χ4n) is 2.56. The number of carbonyl (C=O) groups is 1. The minimum Gasteiger partial charge on any atom is -0.375 e. The number of hydrogen-bond donors (Lipinski definition) is 2. The lowest BCUT2D eigenvalue weighted by Crippen LogP contribution is -2.26. The fourth-order valence-corrected chi connectivity index (χ4v) is 3.15. The number of nitrogen functional groups attached to an aromatic ring is 1. The number of nitrogens with one attached hydrogen (secondary N) is 1. The number of thiazole rings is 1. The Morgan fingerprint density at radius 1 is 1.38 bits per heavy atom. The van der Waals surface area contributed by atoms with Crippen molar-refractivity contribution >= 4 is 22.4 Å². The molecule has 0 spiro atoms. The third-order valence-corrected chi connectivity index (χ3v) is 4.39. The predicted molar refractivity (Wildman–Crippen MR) is 83.4 cm³/mol. The van der Waals surface area contributed by atoms with Crippen LogP contribution in [0.4, 0.5) is 5.13 Å². The maximum absolute atomic E-state index is 12.1. The summed E-state index contributed by atoms with van der Waals surface area (Å²) < 4.78 is 0. The second kappa shape index (κ2) is 6.22. The van der Waals surface area contributed by atoms with Crippen LogP contribution in [0.1, 0.15) is 40.2 Å². The molecule has 0 aromatic carbocycles. The number of fused-ring (bicyclic) bond motifs is 1. The maximum atomic E-state index is 12.1. The quantitative estimate of drug-likeness (QED) is 0.905. The van der Waals surface area contributed by atoms with Gasteiger partial charge in [-0.2, -0.15) is 0 Å². The largest absolute Gasteiger partial charge is 0.375 e. The Hall–Kier alpha value is -1.95. The van der Waals surface area contributed by atoms with E-state index in [0.29, 0.717) is 23.7 Å². The van der Waals surface area contributed by atoms with Crippen LogP contribution in [0.2, 0.25) is 0 Å². The van der Waals surface area contributed by atoms with Gasteiger partial charge in [-0.1, -0.05) is 0 Å². The van der Waals surface area contributed by atoms with E-state index in [2.05, 4.69) is 15.3 Å². The summed E-state index contributed by atoms with van der Waals surface area (Å²) in [5, 5.41) is 5.39. The van der Waals surface area contributed by atoms with Crippen LogP contribution in [0.25, 0.3) is 0 Å². The number of aromatic nitrogens is 2. The van der Waals surface area contributed by atoms with Crippen molar-refractivity contribution in [3.05, 3.63) is 40.2 Å². The van der Waals surface area contributed by atoms with Crippen molar-refractivity contribution in [1.29, 1.82) is 0 Å². The standard InChI is InChI=1S/C15H18N4OS/c16-15-19-12(9-21-15)5-6-17-14(20)11-7-10-3-1-2-4-13(10)18-8-11/h7-9H,1-6H2,(H2,16,19)(H,17,20). The maximum Gasteiger partial charge on any atom is 0.252 e. The lowest BCUT2D eigenvalue weighted by Gasteiger charge is -2.15. The van der Waals surface area contributed by atoms with Crippen molar-refractivity contribution in [2.24, 2.45) is 0 Å². The zero-order valence-corrected chi connectivity index (χ0v) is 12.6. The smallest absolute Gasteiger partial charge is 0.252 e. The van der Waals surface area contributed by atoms with Crippen molar-refractivity contribution in [2.45, 2.75) is 32.1 Å². The Balaban J connectivity index is 1.57. The monoisotopic (exact) mass is 302 g/mol. The van der Waals surface area contributed by atoms with E-state index in [1.54, 1.807) is 6.20 Å². The minimum absolute atomic E-state index is 0.0703. The molecule has 0 bridgehead atoms. The summed E-state index contributed by atoms with van der Waals surface area (Å²) in [5.74, 6) is -0.0703. The summed E-state index contributed by atoms with van der Waals surface area (Å²) in [6, 6.07) is 1.98. The van der Waals surface area contributed by atoms with Crippen LogP contribution < -0.4 is 11.1 Å². The van der Waals surface area contributed by atoms with Gasteiger partial charge in [0.15, 0.2) is 5.13 Å². The first-order chi connectivity index (χ1) is 10.2.